The smallest absolute Gasteiger partial charge is 0.272 e. The summed E-state index contributed by atoms with van der Waals surface area (Å²) in [7, 11) is 0. The molecule has 86 valence electrons. The molecule has 0 saturated carbocycles. The molecule has 1 aromatic heterocycles. The number of hydrogen-bond acceptors (Lipinski definition) is 1. The number of hydrogen-bond donors (Lipinski definition) is 0. The summed E-state index contributed by atoms with van der Waals surface area (Å²) in [5.74, 6) is 0.357. The van der Waals surface area contributed by atoms with Gasteiger partial charge in [-0.1, -0.05) is 20.3 Å². The maximum absolute atomic E-state index is 12.2. The summed E-state index contributed by atoms with van der Waals surface area (Å²) in [6, 6.07) is 1.01. The van der Waals surface area contributed by atoms with Crippen LogP contribution in [0.4, 0.5) is 13.2 Å². The van der Waals surface area contributed by atoms with E-state index in [2.05, 4.69) is 12.0 Å². The van der Waals surface area contributed by atoms with Gasteiger partial charge in [-0.05, 0) is 18.4 Å². The van der Waals surface area contributed by atoms with Gasteiger partial charge in [-0.15, -0.1) is 0 Å². The lowest BCUT2D eigenvalue weighted by atomic mass is 10.1. The molecule has 0 aliphatic rings. The summed E-state index contributed by atoms with van der Waals surface area (Å²) in [5.41, 5.74) is -0.814. The fourth-order valence-electron chi connectivity index (χ4n) is 1.52. The molecule has 0 fully saturated rings. The Kier molecular flexibility index (Phi) is 3.77. The average molecular weight is 220 g/mol. The highest BCUT2D eigenvalue weighted by molar-refractivity contribution is 5.03. The Morgan fingerprint density at radius 1 is 1.47 bits per heavy atom. The van der Waals surface area contributed by atoms with Crippen LogP contribution in [-0.4, -0.2) is 9.78 Å². The number of alkyl halides is 3. The normalized spacial score (nSPS) is 14.2. The van der Waals surface area contributed by atoms with E-state index in [1.165, 1.54) is 10.9 Å². The molecule has 0 N–H and O–H groups in total. The molecule has 1 atom stereocenters. The molecule has 1 unspecified atom stereocenters. The van der Waals surface area contributed by atoms with Crippen molar-refractivity contribution in [3.05, 3.63) is 18.0 Å². The van der Waals surface area contributed by atoms with Gasteiger partial charge >= 0.3 is 6.18 Å². The SMILES string of the molecule is CCCC(C)Cn1ccc(C(F)(F)F)n1. The quantitative estimate of drug-likeness (QED) is 0.761. The van der Waals surface area contributed by atoms with Crippen molar-refractivity contribution in [3.8, 4) is 0 Å². The molecule has 1 rings (SSSR count). The Balaban J connectivity index is 2.61. The molecule has 0 amide bonds. The van der Waals surface area contributed by atoms with Crippen LogP contribution in [0.5, 0.6) is 0 Å². The van der Waals surface area contributed by atoms with E-state index < -0.39 is 11.9 Å². The molecule has 5 heteroatoms. The highest BCUT2D eigenvalue weighted by atomic mass is 19.4. The number of halogens is 3. The topological polar surface area (TPSA) is 17.8 Å². The van der Waals surface area contributed by atoms with Crippen LogP contribution in [0.3, 0.4) is 0 Å². The van der Waals surface area contributed by atoms with Crippen LogP contribution in [0.1, 0.15) is 32.4 Å². The van der Waals surface area contributed by atoms with Gasteiger partial charge in [-0.3, -0.25) is 4.68 Å². The van der Waals surface area contributed by atoms with Gasteiger partial charge in [-0.2, -0.15) is 18.3 Å². The maximum Gasteiger partial charge on any atom is 0.435 e. The van der Waals surface area contributed by atoms with E-state index in [-0.39, 0.29) is 0 Å². The predicted octanol–water partition coefficient (Wildman–Crippen LogP) is 3.34. The molecule has 0 spiro atoms. The lowest BCUT2D eigenvalue weighted by Gasteiger charge is -2.09. The van der Waals surface area contributed by atoms with Gasteiger partial charge < -0.3 is 0 Å². The van der Waals surface area contributed by atoms with Gasteiger partial charge in [-0.25, -0.2) is 0 Å². The van der Waals surface area contributed by atoms with Gasteiger partial charge in [0.15, 0.2) is 5.69 Å². The number of aromatic nitrogens is 2. The molecule has 0 bridgehead atoms. The number of nitrogens with zero attached hydrogens (tertiary/aromatic N) is 2. The van der Waals surface area contributed by atoms with E-state index in [0.717, 1.165) is 18.9 Å². The Morgan fingerprint density at radius 3 is 2.60 bits per heavy atom. The Labute approximate surface area is 87.1 Å². The van der Waals surface area contributed by atoms with Crippen LogP contribution >= 0.6 is 0 Å². The van der Waals surface area contributed by atoms with E-state index in [1.54, 1.807) is 0 Å². The summed E-state index contributed by atoms with van der Waals surface area (Å²) in [5, 5.41) is 3.50. The molecule has 0 aliphatic carbocycles. The zero-order chi connectivity index (χ0) is 11.5. The van der Waals surface area contributed by atoms with Crippen molar-refractivity contribution in [2.45, 2.75) is 39.4 Å². The van der Waals surface area contributed by atoms with E-state index in [9.17, 15) is 13.2 Å². The summed E-state index contributed by atoms with van der Waals surface area (Å²) in [6.45, 7) is 4.61. The Hall–Kier alpha value is -1.00. The summed E-state index contributed by atoms with van der Waals surface area (Å²) < 4.78 is 38.0. The maximum atomic E-state index is 12.2. The average Bonchev–Trinajstić information content (AvgIpc) is 2.52. The third-order valence-corrected chi connectivity index (χ3v) is 2.21. The fourth-order valence-corrected chi connectivity index (χ4v) is 1.52. The molecular weight excluding hydrogens is 205 g/mol. The standard InChI is InChI=1S/C10H15F3N2/c1-3-4-8(2)7-15-6-5-9(14-15)10(11,12)13/h5-6,8H,3-4,7H2,1-2H3. The Bertz CT molecular complexity index is 304. The van der Waals surface area contributed by atoms with E-state index in [0.29, 0.717) is 12.5 Å². The van der Waals surface area contributed by atoms with Crippen molar-refractivity contribution in [1.29, 1.82) is 0 Å². The van der Waals surface area contributed by atoms with Gasteiger partial charge in [0.25, 0.3) is 0 Å². The first-order valence-electron chi connectivity index (χ1n) is 5.04. The van der Waals surface area contributed by atoms with Crippen LogP contribution in [-0.2, 0) is 12.7 Å². The van der Waals surface area contributed by atoms with Gasteiger partial charge in [0.05, 0.1) is 0 Å². The van der Waals surface area contributed by atoms with Gasteiger partial charge in [0.1, 0.15) is 0 Å². The minimum atomic E-state index is -4.33. The highest BCUT2D eigenvalue weighted by Gasteiger charge is 2.33. The molecule has 2 nitrogen and oxygen atoms in total. The number of rotatable bonds is 4. The minimum absolute atomic E-state index is 0.357. The summed E-state index contributed by atoms with van der Waals surface area (Å²) in [4.78, 5) is 0. The largest absolute Gasteiger partial charge is 0.435 e. The fraction of sp³-hybridized carbons (Fsp3) is 0.700. The second kappa shape index (κ2) is 4.68. The van der Waals surface area contributed by atoms with E-state index >= 15 is 0 Å². The van der Waals surface area contributed by atoms with Crippen LogP contribution in [0.15, 0.2) is 12.3 Å². The lowest BCUT2D eigenvalue weighted by Crippen LogP contribution is -2.11. The van der Waals surface area contributed by atoms with Crippen molar-refractivity contribution in [2.24, 2.45) is 5.92 Å². The van der Waals surface area contributed by atoms with Crippen molar-refractivity contribution >= 4 is 0 Å². The second-order valence-electron chi connectivity index (χ2n) is 3.81. The Morgan fingerprint density at radius 2 is 2.13 bits per heavy atom. The van der Waals surface area contributed by atoms with Crippen molar-refractivity contribution < 1.29 is 13.2 Å². The molecule has 1 heterocycles. The zero-order valence-corrected chi connectivity index (χ0v) is 8.88. The molecule has 0 saturated heterocycles. The van der Waals surface area contributed by atoms with Gasteiger partial charge in [0, 0.05) is 12.7 Å². The third-order valence-electron chi connectivity index (χ3n) is 2.21. The van der Waals surface area contributed by atoms with E-state index in [4.69, 9.17) is 0 Å². The van der Waals surface area contributed by atoms with Crippen LogP contribution in [0, 0.1) is 5.92 Å². The van der Waals surface area contributed by atoms with Crippen molar-refractivity contribution in [1.82, 2.24) is 9.78 Å². The molecule has 0 aromatic carbocycles. The molecule has 1 aromatic rings. The first-order chi connectivity index (χ1) is 6.93. The summed E-state index contributed by atoms with van der Waals surface area (Å²) in [6.07, 6.45) is -0.913. The van der Waals surface area contributed by atoms with E-state index in [1.807, 2.05) is 6.92 Å². The predicted molar refractivity (Wildman–Crippen MR) is 51.3 cm³/mol. The highest BCUT2D eigenvalue weighted by Crippen LogP contribution is 2.27. The monoisotopic (exact) mass is 220 g/mol. The van der Waals surface area contributed by atoms with Crippen LogP contribution < -0.4 is 0 Å². The van der Waals surface area contributed by atoms with Crippen molar-refractivity contribution in [3.63, 3.8) is 0 Å². The minimum Gasteiger partial charge on any atom is -0.272 e. The first kappa shape index (κ1) is 12.1. The zero-order valence-electron chi connectivity index (χ0n) is 8.88. The van der Waals surface area contributed by atoms with Crippen LogP contribution in [0.2, 0.25) is 0 Å². The first-order valence-corrected chi connectivity index (χ1v) is 5.04. The van der Waals surface area contributed by atoms with Gasteiger partial charge in [0.2, 0.25) is 0 Å². The lowest BCUT2D eigenvalue weighted by molar-refractivity contribution is -0.141. The molecular formula is C10H15F3N2. The molecule has 0 aliphatic heterocycles. The second-order valence-corrected chi connectivity index (χ2v) is 3.81. The van der Waals surface area contributed by atoms with Crippen LogP contribution in [0.25, 0.3) is 0 Å². The summed E-state index contributed by atoms with van der Waals surface area (Å²) >= 11 is 0. The third kappa shape index (κ3) is 3.57. The molecule has 0 radical (unpaired) electrons. The molecule has 15 heavy (non-hydrogen) atoms. The van der Waals surface area contributed by atoms with Crippen molar-refractivity contribution in [2.75, 3.05) is 0 Å².